The third-order valence-corrected chi connectivity index (χ3v) is 4.66. The van der Waals surface area contributed by atoms with Gasteiger partial charge in [0.05, 0.1) is 29.0 Å². The van der Waals surface area contributed by atoms with Gasteiger partial charge in [-0.25, -0.2) is 13.1 Å². The summed E-state index contributed by atoms with van der Waals surface area (Å²) in [7, 11) is -3.00. The zero-order chi connectivity index (χ0) is 16.5. The molecular weight excluding hydrogens is 298 g/mol. The van der Waals surface area contributed by atoms with Gasteiger partial charge in [0.25, 0.3) is 0 Å². The van der Waals surface area contributed by atoms with E-state index in [0.717, 1.165) is 22.6 Å². The number of nitrogens with one attached hydrogen (secondary N) is 1. The molecule has 0 radical (unpaired) electrons. The molecule has 2 aromatic rings. The van der Waals surface area contributed by atoms with Gasteiger partial charge in [0.15, 0.2) is 0 Å². The fourth-order valence-corrected chi connectivity index (χ4v) is 3.49. The van der Waals surface area contributed by atoms with Crippen molar-refractivity contribution in [1.82, 2.24) is 9.78 Å². The van der Waals surface area contributed by atoms with E-state index in [1.54, 1.807) is 6.20 Å². The van der Waals surface area contributed by atoms with Gasteiger partial charge in [-0.3, -0.25) is 0 Å². The summed E-state index contributed by atoms with van der Waals surface area (Å²) in [5, 5.41) is 7.67. The molecule has 0 unspecified atom stereocenters. The van der Waals surface area contributed by atoms with Crippen LogP contribution in [0.5, 0.6) is 0 Å². The van der Waals surface area contributed by atoms with Gasteiger partial charge in [-0.15, -0.1) is 0 Å². The topological polar surface area (TPSA) is 64.0 Å². The molecule has 1 N–H and O–H groups in total. The minimum Gasteiger partial charge on any atom is -0.379 e. The number of aromatic nitrogens is 2. The highest BCUT2D eigenvalue weighted by atomic mass is 32.2. The molecule has 0 saturated carbocycles. The van der Waals surface area contributed by atoms with Crippen LogP contribution in [-0.4, -0.2) is 36.2 Å². The van der Waals surface area contributed by atoms with Gasteiger partial charge in [-0.1, -0.05) is 12.1 Å². The highest BCUT2D eigenvalue weighted by Crippen LogP contribution is 2.22. The number of nitrogens with zero attached hydrogens (tertiary/aromatic N) is 2. The summed E-state index contributed by atoms with van der Waals surface area (Å²) in [5.41, 5.74) is 5.19. The van der Waals surface area contributed by atoms with Crippen molar-refractivity contribution in [3.8, 4) is 5.69 Å². The Balaban J connectivity index is 2.28. The number of hydrogen-bond acceptors (Lipinski definition) is 4. The Bertz CT molecular complexity index is 779. The van der Waals surface area contributed by atoms with Gasteiger partial charge >= 0.3 is 0 Å². The van der Waals surface area contributed by atoms with Crippen LogP contribution < -0.4 is 5.32 Å². The summed E-state index contributed by atoms with van der Waals surface area (Å²) in [6.45, 7) is 7.93. The molecule has 0 aliphatic rings. The highest BCUT2D eigenvalue weighted by molar-refractivity contribution is 7.90. The Labute approximate surface area is 132 Å². The molecule has 2 rings (SSSR count). The van der Waals surface area contributed by atoms with E-state index in [-0.39, 0.29) is 11.8 Å². The molecule has 1 heterocycles. The van der Waals surface area contributed by atoms with Crippen LogP contribution >= 0.6 is 0 Å². The van der Waals surface area contributed by atoms with Crippen LogP contribution in [0.25, 0.3) is 5.69 Å². The van der Waals surface area contributed by atoms with Crippen molar-refractivity contribution in [3.63, 3.8) is 0 Å². The average molecular weight is 321 g/mol. The highest BCUT2D eigenvalue weighted by Gasteiger charge is 2.15. The summed E-state index contributed by atoms with van der Waals surface area (Å²) >= 11 is 0. The Morgan fingerprint density at radius 2 is 1.95 bits per heavy atom. The van der Waals surface area contributed by atoms with Crippen molar-refractivity contribution in [1.29, 1.82) is 0 Å². The summed E-state index contributed by atoms with van der Waals surface area (Å²) in [6, 6.07) is 6.08. The molecule has 0 spiro atoms. The monoisotopic (exact) mass is 321 g/mol. The SMILES string of the molecule is Cc1ccc(C)c(-n2ncc(N[C@@H](C)CS(C)(=O)=O)c2C)c1. The quantitative estimate of drug-likeness (QED) is 0.919. The van der Waals surface area contributed by atoms with Crippen molar-refractivity contribution in [2.45, 2.75) is 33.7 Å². The van der Waals surface area contributed by atoms with Crippen LogP contribution in [0, 0.1) is 20.8 Å². The number of aryl methyl sites for hydroxylation is 2. The maximum atomic E-state index is 11.4. The van der Waals surface area contributed by atoms with Gasteiger partial charge in [0.1, 0.15) is 9.84 Å². The molecule has 0 bridgehead atoms. The van der Waals surface area contributed by atoms with Crippen LogP contribution in [0.2, 0.25) is 0 Å². The molecule has 1 atom stereocenters. The van der Waals surface area contributed by atoms with Crippen molar-refractivity contribution in [3.05, 3.63) is 41.2 Å². The molecule has 0 aliphatic carbocycles. The van der Waals surface area contributed by atoms with E-state index < -0.39 is 9.84 Å². The van der Waals surface area contributed by atoms with E-state index >= 15 is 0 Å². The maximum absolute atomic E-state index is 11.4. The normalized spacial score (nSPS) is 13.1. The van der Waals surface area contributed by atoms with Crippen molar-refractivity contribution in [2.75, 3.05) is 17.3 Å². The van der Waals surface area contributed by atoms with Crippen LogP contribution in [-0.2, 0) is 9.84 Å². The van der Waals surface area contributed by atoms with Crippen LogP contribution in [0.4, 0.5) is 5.69 Å². The molecule has 6 heteroatoms. The summed E-state index contributed by atoms with van der Waals surface area (Å²) in [5.74, 6) is 0.0983. The van der Waals surface area contributed by atoms with Crippen molar-refractivity contribution < 1.29 is 8.42 Å². The fraction of sp³-hybridized carbons (Fsp3) is 0.438. The second-order valence-corrected chi connectivity index (χ2v) is 8.17. The van der Waals surface area contributed by atoms with E-state index in [1.165, 1.54) is 11.8 Å². The zero-order valence-corrected chi connectivity index (χ0v) is 14.5. The third kappa shape index (κ3) is 3.88. The molecule has 0 fully saturated rings. The number of benzene rings is 1. The largest absolute Gasteiger partial charge is 0.379 e. The molecule has 0 aliphatic heterocycles. The lowest BCUT2D eigenvalue weighted by atomic mass is 10.1. The number of hydrogen-bond donors (Lipinski definition) is 1. The van der Waals surface area contributed by atoms with E-state index in [1.807, 2.05) is 18.5 Å². The number of sulfone groups is 1. The molecule has 1 aromatic carbocycles. The van der Waals surface area contributed by atoms with E-state index in [4.69, 9.17) is 0 Å². The van der Waals surface area contributed by atoms with Crippen LogP contribution in [0.3, 0.4) is 0 Å². The Kier molecular flexibility index (Phi) is 4.60. The Morgan fingerprint density at radius 3 is 2.59 bits per heavy atom. The van der Waals surface area contributed by atoms with Crippen molar-refractivity contribution in [2.24, 2.45) is 0 Å². The smallest absolute Gasteiger partial charge is 0.149 e. The van der Waals surface area contributed by atoms with Crippen molar-refractivity contribution >= 4 is 15.5 Å². The van der Waals surface area contributed by atoms with Crippen LogP contribution in [0.1, 0.15) is 23.7 Å². The first kappa shape index (κ1) is 16.5. The van der Waals surface area contributed by atoms with Gasteiger partial charge in [0, 0.05) is 12.3 Å². The first-order valence-electron chi connectivity index (χ1n) is 7.24. The maximum Gasteiger partial charge on any atom is 0.149 e. The van der Waals surface area contributed by atoms with Gasteiger partial charge in [-0.2, -0.15) is 5.10 Å². The first-order chi connectivity index (χ1) is 10.2. The molecular formula is C16H23N3O2S. The number of anilines is 1. The Hall–Kier alpha value is -1.82. The summed E-state index contributed by atoms with van der Waals surface area (Å²) in [6.07, 6.45) is 2.99. The second-order valence-electron chi connectivity index (χ2n) is 5.98. The van der Waals surface area contributed by atoms with E-state index in [0.29, 0.717) is 0 Å². The first-order valence-corrected chi connectivity index (χ1v) is 9.30. The standard InChI is InChI=1S/C16H23N3O2S/c1-11-6-7-12(2)16(8-11)19-14(4)15(9-17-19)18-13(3)10-22(5,20)21/h6-9,13,18H,10H2,1-5H3/t13-/m0/s1. The summed E-state index contributed by atoms with van der Waals surface area (Å²) in [4.78, 5) is 0. The molecule has 5 nitrogen and oxygen atoms in total. The van der Waals surface area contributed by atoms with Gasteiger partial charge in [0.2, 0.25) is 0 Å². The van der Waals surface area contributed by atoms with E-state index in [9.17, 15) is 8.42 Å². The van der Waals surface area contributed by atoms with E-state index in [2.05, 4.69) is 42.5 Å². The lowest BCUT2D eigenvalue weighted by Gasteiger charge is -2.14. The van der Waals surface area contributed by atoms with Crippen LogP contribution in [0.15, 0.2) is 24.4 Å². The van der Waals surface area contributed by atoms with Gasteiger partial charge < -0.3 is 5.32 Å². The van der Waals surface area contributed by atoms with Gasteiger partial charge in [-0.05, 0) is 44.9 Å². The average Bonchev–Trinajstić information content (AvgIpc) is 2.72. The number of rotatable bonds is 5. The second kappa shape index (κ2) is 6.12. The predicted molar refractivity (Wildman–Crippen MR) is 90.6 cm³/mol. The minimum absolute atomic E-state index is 0.0983. The molecule has 120 valence electrons. The fourth-order valence-electron chi connectivity index (χ4n) is 2.50. The third-order valence-electron chi connectivity index (χ3n) is 3.56. The molecule has 0 amide bonds. The molecule has 22 heavy (non-hydrogen) atoms. The lowest BCUT2D eigenvalue weighted by molar-refractivity contribution is 0.598. The lowest BCUT2D eigenvalue weighted by Crippen LogP contribution is -2.25. The Morgan fingerprint density at radius 1 is 1.27 bits per heavy atom. The zero-order valence-electron chi connectivity index (χ0n) is 13.7. The molecule has 0 saturated heterocycles. The predicted octanol–water partition coefficient (Wildman–Crippen LogP) is 2.64. The molecule has 1 aromatic heterocycles. The minimum atomic E-state index is -3.00. The summed E-state index contributed by atoms with van der Waals surface area (Å²) < 4.78 is 24.6.